The molecule has 0 aliphatic carbocycles. The van der Waals surface area contributed by atoms with E-state index < -0.39 is 17.4 Å². The number of phenols is 1. The van der Waals surface area contributed by atoms with Gasteiger partial charge in [-0.15, -0.1) is 0 Å². The van der Waals surface area contributed by atoms with Crippen molar-refractivity contribution in [3.8, 4) is 5.75 Å². The van der Waals surface area contributed by atoms with E-state index in [1.807, 2.05) is 0 Å². The molecule has 2 rings (SSSR count). The minimum atomic E-state index is -3.75. The summed E-state index contributed by atoms with van der Waals surface area (Å²) < 4.78 is 47.8. The molecule has 151 valence electrons. The average molecular weight is 508 g/mol. The van der Waals surface area contributed by atoms with Gasteiger partial charge in [-0.25, -0.2) is 0 Å². The van der Waals surface area contributed by atoms with Crippen molar-refractivity contribution in [1.29, 1.82) is 0 Å². The van der Waals surface area contributed by atoms with Crippen LogP contribution in [-0.4, -0.2) is 55.2 Å². The zero-order chi connectivity index (χ0) is 21.3. The zero-order valence-corrected chi connectivity index (χ0v) is 19.1. The second-order valence-electron chi connectivity index (χ2n) is 5.91. The summed E-state index contributed by atoms with van der Waals surface area (Å²) in [4.78, 5) is 1.24. The Bertz CT molecular complexity index is 1190. The van der Waals surface area contributed by atoms with Crippen LogP contribution in [0.15, 0.2) is 43.6 Å². The zero-order valence-electron chi connectivity index (χ0n) is 15.5. The fourth-order valence-corrected chi connectivity index (χ4v) is 5.13. The van der Waals surface area contributed by atoms with Crippen molar-refractivity contribution in [2.45, 2.75) is 4.90 Å². The SMILES string of the molecule is C/N=N/c1c([S](=O)(=O)[Mo])cc2c(/N=N/C)c(N(C)CS(C)(=O)=O)ccc2c1O. The molecule has 0 aliphatic heterocycles. The molecule has 1 N–H and O–H groups in total. The number of rotatable bonds is 6. The van der Waals surface area contributed by atoms with Gasteiger partial charge in [0.15, 0.2) is 0 Å². The number of hydrogen-bond donors (Lipinski definition) is 1. The summed E-state index contributed by atoms with van der Waals surface area (Å²) in [6.45, 7) is 0. The molecule has 0 aliphatic rings. The van der Waals surface area contributed by atoms with Crippen LogP contribution in [0.25, 0.3) is 10.8 Å². The molecule has 0 saturated heterocycles. The average Bonchev–Trinajstić information content (AvgIpc) is 2.55. The molecular weight excluding hydrogens is 490 g/mol. The predicted molar refractivity (Wildman–Crippen MR) is 102 cm³/mol. The van der Waals surface area contributed by atoms with E-state index in [2.05, 4.69) is 20.5 Å². The summed E-state index contributed by atoms with van der Waals surface area (Å²) in [6.07, 6.45) is 1.10. The molecule has 13 heteroatoms. The fourth-order valence-electron chi connectivity index (χ4n) is 2.71. The molecule has 2 aromatic carbocycles. The summed E-state index contributed by atoms with van der Waals surface area (Å²) in [6, 6.07) is 4.44. The van der Waals surface area contributed by atoms with E-state index in [1.165, 1.54) is 31.1 Å². The number of benzene rings is 2. The van der Waals surface area contributed by atoms with E-state index in [4.69, 9.17) is 0 Å². The van der Waals surface area contributed by atoms with Gasteiger partial charge in [0.2, 0.25) is 0 Å². The van der Waals surface area contributed by atoms with E-state index >= 15 is 0 Å². The molecule has 0 fully saturated rings. The molecule has 2 aromatic rings. The Morgan fingerprint density at radius 1 is 1.04 bits per heavy atom. The first-order chi connectivity index (χ1) is 12.9. The topological polar surface area (TPSA) is 141 Å². The van der Waals surface area contributed by atoms with E-state index in [9.17, 15) is 21.9 Å². The molecule has 0 bridgehead atoms. The number of aromatic hydroxyl groups is 1. The van der Waals surface area contributed by atoms with Crippen molar-refractivity contribution in [2.75, 3.05) is 38.2 Å². The first kappa shape index (κ1) is 22.4. The first-order valence-electron chi connectivity index (χ1n) is 7.67. The number of nitrogens with zero attached hydrogens (tertiary/aromatic N) is 5. The standard InChI is InChI=1S/C15H18N5O5S2.Mo/c1-16-18-13-10-7-12(26(22)23)14(19-17-2)15(21)9(10)5-6-11(13)20(3)8-27(4,24)25;/h5-7,21H,8H2,1-4H3;/b18-16+,19-17+;. The van der Waals surface area contributed by atoms with Crippen molar-refractivity contribution in [3.05, 3.63) is 18.2 Å². The second kappa shape index (κ2) is 8.22. The van der Waals surface area contributed by atoms with E-state index in [1.54, 1.807) is 13.1 Å². The number of azo groups is 2. The summed E-state index contributed by atoms with van der Waals surface area (Å²) in [5.74, 6) is -0.645. The summed E-state index contributed by atoms with van der Waals surface area (Å²) in [5, 5.41) is 26.4. The quantitative estimate of drug-likeness (QED) is 0.470. The third-order valence-corrected chi connectivity index (χ3v) is 6.72. The Balaban J connectivity index is 2.97. The van der Waals surface area contributed by atoms with Gasteiger partial charge in [0, 0.05) is 0 Å². The molecule has 0 spiro atoms. The summed E-state index contributed by atoms with van der Waals surface area (Å²) in [5.41, 5.74) is 0.470. The van der Waals surface area contributed by atoms with Gasteiger partial charge in [0.1, 0.15) is 0 Å². The molecule has 0 unspecified atom stereocenters. The van der Waals surface area contributed by atoms with Gasteiger partial charge in [-0.05, 0) is 0 Å². The number of anilines is 1. The van der Waals surface area contributed by atoms with Crippen LogP contribution in [0.2, 0.25) is 0 Å². The monoisotopic (exact) mass is 510 g/mol. The molecule has 0 heterocycles. The second-order valence-corrected chi connectivity index (χ2v) is 12.6. The predicted octanol–water partition coefficient (Wildman–Crippen LogP) is 2.65. The molecule has 0 radical (unpaired) electrons. The van der Waals surface area contributed by atoms with Crippen LogP contribution < -0.4 is 4.90 Å². The normalized spacial score (nSPS) is 13.0. The Morgan fingerprint density at radius 3 is 2.11 bits per heavy atom. The maximum atomic E-state index is 12.2. The molecule has 0 aromatic heterocycles. The molecule has 0 atom stereocenters. The Labute approximate surface area is 172 Å². The fraction of sp³-hybridized carbons (Fsp3) is 0.333. The third kappa shape index (κ3) is 4.73. The van der Waals surface area contributed by atoms with Crippen LogP contribution in [0.1, 0.15) is 0 Å². The molecule has 10 nitrogen and oxygen atoms in total. The number of hydrogen-bond acceptors (Lipinski definition) is 10. The number of phenolic OH excluding ortho intramolecular Hbond substituents is 1. The van der Waals surface area contributed by atoms with Crippen molar-refractivity contribution >= 4 is 45.2 Å². The summed E-state index contributed by atoms with van der Waals surface area (Å²) >= 11 is 0.903. The van der Waals surface area contributed by atoms with Crippen LogP contribution in [0.5, 0.6) is 5.75 Å². The van der Waals surface area contributed by atoms with Crippen LogP contribution >= 0.6 is 0 Å². The Morgan fingerprint density at radius 2 is 1.61 bits per heavy atom. The van der Waals surface area contributed by atoms with Gasteiger partial charge >= 0.3 is 173 Å². The van der Waals surface area contributed by atoms with Crippen LogP contribution in [0, 0.1) is 0 Å². The van der Waals surface area contributed by atoms with Gasteiger partial charge in [-0.2, -0.15) is 0 Å². The van der Waals surface area contributed by atoms with E-state index in [0.717, 1.165) is 24.8 Å². The first-order valence-corrected chi connectivity index (χ1v) is 13.6. The van der Waals surface area contributed by atoms with Crippen molar-refractivity contribution in [1.82, 2.24) is 0 Å². The minimum absolute atomic E-state index is 0.170. The summed E-state index contributed by atoms with van der Waals surface area (Å²) in [7, 11) is -2.73. The van der Waals surface area contributed by atoms with Gasteiger partial charge in [-0.1, -0.05) is 0 Å². The molecular formula is C15H18MoN5O5S2. The molecule has 28 heavy (non-hydrogen) atoms. The van der Waals surface area contributed by atoms with Gasteiger partial charge in [0.05, 0.1) is 0 Å². The molecule has 0 saturated carbocycles. The van der Waals surface area contributed by atoms with Gasteiger partial charge in [0.25, 0.3) is 0 Å². The number of fused-ring (bicyclic) bond motifs is 1. The van der Waals surface area contributed by atoms with Crippen LogP contribution in [0.3, 0.4) is 0 Å². The van der Waals surface area contributed by atoms with E-state index in [0.29, 0.717) is 5.69 Å². The van der Waals surface area contributed by atoms with Crippen LogP contribution in [0.4, 0.5) is 17.1 Å². The van der Waals surface area contributed by atoms with Crippen LogP contribution in [-0.2, 0) is 35.9 Å². The Hall–Kier alpha value is -1.91. The maximum absolute atomic E-state index is 12.2. The van der Waals surface area contributed by atoms with Gasteiger partial charge in [-0.3, -0.25) is 0 Å². The van der Waals surface area contributed by atoms with Crippen molar-refractivity contribution in [3.63, 3.8) is 0 Å². The number of sulfone groups is 1. The third-order valence-electron chi connectivity index (χ3n) is 3.69. The van der Waals surface area contributed by atoms with Gasteiger partial charge < -0.3 is 0 Å². The van der Waals surface area contributed by atoms with Crippen molar-refractivity contribution in [2.24, 2.45) is 20.5 Å². The Kier molecular flexibility index (Phi) is 6.57. The molecule has 0 amide bonds. The van der Waals surface area contributed by atoms with E-state index in [-0.39, 0.29) is 38.7 Å². The van der Waals surface area contributed by atoms with Crippen molar-refractivity contribution < 1.29 is 40.5 Å².